The van der Waals surface area contributed by atoms with Crippen molar-refractivity contribution in [1.29, 1.82) is 0 Å². The zero-order chi connectivity index (χ0) is 31.2. The Morgan fingerprint density at radius 1 is 0.886 bits per heavy atom. The van der Waals surface area contributed by atoms with Crippen LogP contribution in [0.15, 0.2) is 97.1 Å². The molecule has 0 heterocycles. The summed E-state index contributed by atoms with van der Waals surface area (Å²) in [5.74, 6) is -1.51. The lowest BCUT2D eigenvalue weighted by Crippen LogP contribution is -2.35. The Kier molecular flexibility index (Phi) is 9.05. The number of para-hydroxylation sites is 1. The average Bonchev–Trinajstić information content (AvgIpc) is 3.35. The molecule has 1 aliphatic rings. The molecule has 44 heavy (non-hydrogen) atoms. The summed E-state index contributed by atoms with van der Waals surface area (Å²) in [4.78, 5) is 47.8. The summed E-state index contributed by atoms with van der Waals surface area (Å²) >= 11 is 1.10. The molecule has 4 aromatic carbocycles. The fourth-order valence-corrected chi connectivity index (χ4v) is 6.05. The van der Waals surface area contributed by atoms with E-state index in [1.807, 2.05) is 48.5 Å². The predicted molar refractivity (Wildman–Crippen MR) is 166 cm³/mol. The lowest BCUT2D eigenvalue weighted by molar-refractivity contribution is -0.393. The molecule has 0 aromatic heterocycles. The SMILES string of the molecule is O=C(O)[C@H](CSCN(C(=O)OCC1c2ccccc2-c2ccccc21)c1ccccc1)Nc1ccc([N+](=O)[O-])cc1[N+](=O)[O-]. The monoisotopic (exact) mass is 614 g/mol. The van der Waals surface area contributed by atoms with Crippen LogP contribution in [0, 0.1) is 20.2 Å². The van der Waals surface area contributed by atoms with Crippen molar-refractivity contribution >= 4 is 46.6 Å². The second kappa shape index (κ2) is 13.3. The molecule has 13 heteroatoms. The summed E-state index contributed by atoms with van der Waals surface area (Å²) in [6, 6.07) is 26.4. The van der Waals surface area contributed by atoms with E-state index in [9.17, 15) is 34.9 Å². The molecule has 0 unspecified atom stereocenters. The second-order valence-electron chi connectivity index (χ2n) is 9.82. The number of carboxylic acid groups (broad SMARTS) is 1. The Bertz CT molecular complexity index is 1670. The molecule has 2 N–H and O–H groups in total. The first-order chi connectivity index (χ1) is 21.2. The molecule has 0 bridgehead atoms. The van der Waals surface area contributed by atoms with Crippen LogP contribution in [-0.4, -0.2) is 51.3 Å². The largest absolute Gasteiger partial charge is 0.480 e. The smallest absolute Gasteiger partial charge is 0.415 e. The molecule has 0 aliphatic heterocycles. The Labute approximate surface area is 255 Å². The quantitative estimate of drug-likeness (QED) is 0.102. The molecule has 4 aromatic rings. The Hall–Kier alpha value is -5.43. The summed E-state index contributed by atoms with van der Waals surface area (Å²) in [7, 11) is 0. The number of nitro benzene ring substituents is 2. The van der Waals surface area contributed by atoms with Crippen LogP contribution in [0.2, 0.25) is 0 Å². The molecule has 0 radical (unpaired) electrons. The molecule has 0 saturated heterocycles. The number of hydrogen-bond acceptors (Lipinski definition) is 9. The highest BCUT2D eigenvalue weighted by Crippen LogP contribution is 2.44. The van der Waals surface area contributed by atoms with Gasteiger partial charge in [0.05, 0.1) is 21.8 Å². The summed E-state index contributed by atoms with van der Waals surface area (Å²) in [5, 5.41) is 35.0. The van der Waals surface area contributed by atoms with Gasteiger partial charge in [-0.05, 0) is 40.5 Å². The number of carboxylic acids is 1. The minimum Gasteiger partial charge on any atom is -0.480 e. The van der Waals surface area contributed by atoms with Crippen LogP contribution >= 0.6 is 11.8 Å². The number of aliphatic carboxylic acids is 1. The zero-order valence-electron chi connectivity index (χ0n) is 23.1. The number of rotatable bonds is 12. The third-order valence-electron chi connectivity index (χ3n) is 7.15. The minimum atomic E-state index is -1.31. The fourth-order valence-electron chi connectivity index (χ4n) is 5.04. The first-order valence-electron chi connectivity index (χ1n) is 13.4. The van der Waals surface area contributed by atoms with E-state index in [-0.39, 0.29) is 29.8 Å². The van der Waals surface area contributed by atoms with Gasteiger partial charge in [0.2, 0.25) is 0 Å². The number of benzene rings is 4. The van der Waals surface area contributed by atoms with Crippen LogP contribution in [0.4, 0.5) is 27.5 Å². The van der Waals surface area contributed by atoms with Crippen LogP contribution in [0.3, 0.4) is 0 Å². The maximum Gasteiger partial charge on any atom is 0.415 e. The number of thioether (sulfide) groups is 1. The van der Waals surface area contributed by atoms with Gasteiger partial charge in [-0.3, -0.25) is 25.1 Å². The van der Waals surface area contributed by atoms with Crippen LogP contribution in [-0.2, 0) is 9.53 Å². The maximum absolute atomic E-state index is 13.5. The summed E-state index contributed by atoms with van der Waals surface area (Å²) in [6.45, 7) is 0.101. The molecule has 1 amide bonds. The molecule has 5 rings (SSSR count). The van der Waals surface area contributed by atoms with E-state index >= 15 is 0 Å². The number of nitro groups is 2. The molecule has 1 aliphatic carbocycles. The Morgan fingerprint density at radius 2 is 1.50 bits per heavy atom. The van der Waals surface area contributed by atoms with Gasteiger partial charge < -0.3 is 15.2 Å². The topological polar surface area (TPSA) is 165 Å². The molecular formula is C31H26N4O8S. The van der Waals surface area contributed by atoms with E-state index in [2.05, 4.69) is 5.32 Å². The van der Waals surface area contributed by atoms with Crippen molar-refractivity contribution in [1.82, 2.24) is 0 Å². The van der Waals surface area contributed by atoms with Crippen LogP contribution in [0.1, 0.15) is 17.0 Å². The number of carbonyl (C=O) groups excluding carboxylic acids is 1. The molecule has 0 spiro atoms. The van der Waals surface area contributed by atoms with E-state index in [1.165, 1.54) is 4.90 Å². The van der Waals surface area contributed by atoms with E-state index in [1.54, 1.807) is 30.3 Å². The maximum atomic E-state index is 13.5. The predicted octanol–water partition coefficient (Wildman–Crippen LogP) is 6.51. The van der Waals surface area contributed by atoms with Crippen molar-refractivity contribution in [3.05, 3.63) is 128 Å². The van der Waals surface area contributed by atoms with Gasteiger partial charge >= 0.3 is 12.1 Å². The average molecular weight is 615 g/mol. The number of carbonyl (C=O) groups is 2. The molecule has 12 nitrogen and oxygen atoms in total. The van der Waals surface area contributed by atoms with Gasteiger partial charge in [0, 0.05) is 23.4 Å². The van der Waals surface area contributed by atoms with Crippen molar-refractivity contribution < 1.29 is 29.3 Å². The summed E-state index contributed by atoms with van der Waals surface area (Å²) in [5.41, 5.74) is 3.58. The molecule has 1 atom stereocenters. The minimum absolute atomic E-state index is 0.0223. The van der Waals surface area contributed by atoms with Gasteiger partial charge in [-0.15, -0.1) is 11.8 Å². The molecule has 224 valence electrons. The van der Waals surface area contributed by atoms with Gasteiger partial charge in [-0.25, -0.2) is 9.59 Å². The number of ether oxygens (including phenoxy) is 1. The number of fused-ring (bicyclic) bond motifs is 3. The van der Waals surface area contributed by atoms with Crippen molar-refractivity contribution in [3.63, 3.8) is 0 Å². The van der Waals surface area contributed by atoms with E-state index in [4.69, 9.17) is 4.74 Å². The second-order valence-corrected chi connectivity index (χ2v) is 10.8. The first kappa shape index (κ1) is 30.0. The van der Waals surface area contributed by atoms with Crippen molar-refractivity contribution in [2.75, 3.05) is 28.5 Å². The number of amides is 1. The van der Waals surface area contributed by atoms with Crippen LogP contribution in [0.5, 0.6) is 0 Å². The summed E-state index contributed by atoms with van der Waals surface area (Å²) in [6.07, 6.45) is -0.614. The summed E-state index contributed by atoms with van der Waals surface area (Å²) < 4.78 is 5.84. The third-order valence-corrected chi connectivity index (χ3v) is 8.16. The first-order valence-corrected chi connectivity index (χ1v) is 14.6. The van der Waals surface area contributed by atoms with E-state index in [0.717, 1.165) is 52.2 Å². The highest BCUT2D eigenvalue weighted by molar-refractivity contribution is 7.99. The van der Waals surface area contributed by atoms with Crippen LogP contribution in [0.25, 0.3) is 11.1 Å². The van der Waals surface area contributed by atoms with Gasteiger partial charge in [-0.1, -0.05) is 66.7 Å². The van der Waals surface area contributed by atoms with Crippen LogP contribution < -0.4 is 10.2 Å². The zero-order valence-corrected chi connectivity index (χ0v) is 23.9. The molecule has 0 saturated carbocycles. The molecular weight excluding hydrogens is 588 g/mol. The molecule has 0 fully saturated rings. The number of non-ortho nitro benzene ring substituents is 1. The fraction of sp³-hybridized carbons (Fsp3) is 0.161. The number of hydrogen-bond donors (Lipinski definition) is 2. The number of anilines is 2. The third kappa shape index (κ3) is 6.47. The Morgan fingerprint density at radius 3 is 2.09 bits per heavy atom. The van der Waals surface area contributed by atoms with Crippen molar-refractivity contribution in [3.8, 4) is 11.1 Å². The van der Waals surface area contributed by atoms with Crippen molar-refractivity contribution in [2.45, 2.75) is 12.0 Å². The number of nitrogens with one attached hydrogen (secondary N) is 1. The lowest BCUT2D eigenvalue weighted by Gasteiger charge is -2.24. The highest BCUT2D eigenvalue weighted by Gasteiger charge is 2.30. The normalized spacial score (nSPS) is 12.5. The van der Waals surface area contributed by atoms with Gasteiger partial charge in [0.1, 0.15) is 18.3 Å². The highest BCUT2D eigenvalue weighted by atomic mass is 32.2. The lowest BCUT2D eigenvalue weighted by atomic mass is 9.98. The van der Waals surface area contributed by atoms with E-state index in [0.29, 0.717) is 5.69 Å². The van der Waals surface area contributed by atoms with Gasteiger partial charge in [-0.2, -0.15) is 0 Å². The standard InChI is InChI=1S/C31H26N4O8S/c36-30(37)28(32-27-15-14-21(34(39)40)16-29(27)35(41)42)18-44-19-33(20-8-2-1-3-9-20)31(38)43-17-26-24-12-6-4-10-22(24)23-11-5-7-13-25(23)26/h1-16,26,28,32H,17-19H2,(H,36,37)/t28-/m0/s1. The van der Waals surface area contributed by atoms with Gasteiger partial charge in [0.15, 0.2) is 0 Å². The number of nitrogens with zero attached hydrogens (tertiary/aromatic N) is 3. The van der Waals surface area contributed by atoms with E-state index < -0.39 is 39.3 Å². The van der Waals surface area contributed by atoms with Crippen molar-refractivity contribution in [2.24, 2.45) is 0 Å². The Balaban J connectivity index is 1.28. The van der Waals surface area contributed by atoms with Gasteiger partial charge in [0.25, 0.3) is 11.4 Å².